The van der Waals surface area contributed by atoms with Crippen LogP contribution in [-0.4, -0.2) is 23.6 Å². The van der Waals surface area contributed by atoms with Gasteiger partial charge in [-0.1, -0.05) is 0 Å². The zero-order valence-electron chi connectivity index (χ0n) is 6.97. The fourth-order valence-corrected chi connectivity index (χ4v) is 1.27. The molecule has 1 amide bonds. The molecule has 0 radical (unpaired) electrons. The largest absolute Gasteiger partial charge is 0.390 e. The molecule has 0 bridgehead atoms. The highest BCUT2D eigenvalue weighted by atomic mass is 32.1. The number of amides is 1. The highest BCUT2D eigenvalue weighted by Crippen LogP contribution is 2.18. The Morgan fingerprint density at radius 3 is 2.79 bits per heavy atom. The van der Waals surface area contributed by atoms with Crippen LogP contribution >= 0.6 is 11.3 Å². The molecule has 78 valence electrons. The van der Waals surface area contributed by atoms with E-state index < -0.39 is 25.0 Å². The van der Waals surface area contributed by atoms with Crippen molar-refractivity contribution in [2.45, 2.75) is 12.6 Å². The Labute approximate surface area is 82.0 Å². The number of thiazole rings is 1. The van der Waals surface area contributed by atoms with Gasteiger partial charge in [0, 0.05) is 11.9 Å². The maximum absolute atomic E-state index is 11.7. The zero-order chi connectivity index (χ0) is 10.6. The summed E-state index contributed by atoms with van der Waals surface area (Å²) in [7, 11) is 0. The molecule has 0 aliphatic rings. The number of rotatable bonds is 3. The summed E-state index contributed by atoms with van der Waals surface area (Å²) in [5.74, 6) is -0.574. The summed E-state index contributed by atoms with van der Waals surface area (Å²) in [6.45, 7) is -0.417. The van der Waals surface area contributed by atoms with Gasteiger partial charge in [0.2, 0.25) is 0 Å². The molecule has 1 N–H and O–H groups in total. The Morgan fingerprint density at radius 2 is 2.29 bits per heavy atom. The van der Waals surface area contributed by atoms with Crippen LogP contribution in [0.2, 0.25) is 0 Å². The van der Waals surface area contributed by atoms with Gasteiger partial charge in [0.15, 0.2) is 0 Å². The Hall–Kier alpha value is -1.11. The number of nitrogens with zero attached hydrogens (tertiary/aromatic N) is 1. The van der Waals surface area contributed by atoms with Crippen LogP contribution < -0.4 is 5.32 Å². The molecule has 0 saturated carbocycles. The molecule has 0 saturated heterocycles. The third-order valence-corrected chi connectivity index (χ3v) is 1.95. The molecule has 0 unspecified atom stereocenters. The van der Waals surface area contributed by atoms with Crippen LogP contribution in [0.1, 0.15) is 16.9 Å². The van der Waals surface area contributed by atoms with E-state index in [1.165, 1.54) is 22.2 Å². The molecule has 7 heteroatoms. The van der Waals surface area contributed by atoms with Gasteiger partial charge in [0.1, 0.15) is 5.69 Å². The van der Waals surface area contributed by atoms with Gasteiger partial charge in [-0.25, -0.2) is 4.98 Å². The second kappa shape index (κ2) is 4.41. The van der Waals surface area contributed by atoms with E-state index >= 15 is 0 Å². The van der Waals surface area contributed by atoms with Crippen LogP contribution in [0.3, 0.4) is 0 Å². The average Bonchev–Trinajstić information content (AvgIpc) is 2.53. The van der Waals surface area contributed by atoms with E-state index in [0.717, 1.165) is 0 Å². The molecule has 1 rings (SSSR count). The predicted molar refractivity (Wildman–Crippen MR) is 45.1 cm³/mol. The molecule has 14 heavy (non-hydrogen) atoms. The van der Waals surface area contributed by atoms with Crippen molar-refractivity contribution in [2.24, 2.45) is 0 Å². The average molecular weight is 224 g/mol. The summed E-state index contributed by atoms with van der Waals surface area (Å²) in [4.78, 5) is 14.7. The van der Waals surface area contributed by atoms with E-state index in [-0.39, 0.29) is 5.69 Å². The maximum atomic E-state index is 11.7. The van der Waals surface area contributed by atoms with Crippen molar-refractivity contribution in [2.75, 3.05) is 6.54 Å². The van der Waals surface area contributed by atoms with Gasteiger partial charge in [-0.15, -0.1) is 11.3 Å². The quantitative estimate of drug-likeness (QED) is 0.851. The van der Waals surface area contributed by atoms with Crippen molar-refractivity contribution in [1.82, 2.24) is 10.3 Å². The van der Waals surface area contributed by atoms with E-state index in [9.17, 15) is 18.0 Å². The van der Waals surface area contributed by atoms with Crippen LogP contribution in [-0.2, 0) is 0 Å². The van der Waals surface area contributed by atoms with Crippen LogP contribution in [0, 0.1) is 0 Å². The minimum absolute atomic E-state index is 0.150. The van der Waals surface area contributed by atoms with Crippen molar-refractivity contribution < 1.29 is 18.0 Å². The first-order valence-electron chi connectivity index (χ1n) is 3.72. The SMILES string of the molecule is O=C(NCCC(F)(F)F)c1cscn1. The summed E-state index contributed by atoms with van der Waals surface area (Å²) < 4.78 is 35.1. The highest BCUT2D eigenvalue weighted by Gasteiger charge is 2.26. The van der Waals surface area contributed by atoms with E-state index in [1.807, 2.05) is 0 Å². The normalized spacial score (nSPS) is 11.4. The van der Waals surface area contributed by atoms with Gasteiger partial charge >= 0.3 is 6.18 Å². The minimum atomic E-state index is -4.24. The van der Waals surface area contributed by atoms with Gasteiger partial charge in [-0.2, -0.15) is 13.2 Å². The number of hydrogen-bond acceptors (Lipinski definition) is 3. The van der Waals surface area contributed by atoms with Crippen molar-refractivity contribution in [1.29, 1.82) is 0 Å². The molecule has 0 fully saturated rings. The Balaban J connectivity index is 2.30. The van der Waals surface area contributed by atoms with E-state index in [2.05, 4.69) is 10.3 Å². The molecule has 0 aliphatic heterocycles. The lowest BCUT2D eigenvalue weighted by Crippen LogP contribution is -2.28. The van der Waals surface area contributed by atoms with Gasteiger partial charge < -0.3 is 5.32 Å². The van der Waals surface area contributed by atoms with Crippen molar-refractivity contribution >= 4 is 17.2 Å². The van der Waals surface area contributed by atoms with Gasteiger partial charge in [0.05, 0.1) is 11.9 Å². The second-order valence-corrected chi connectivity index (χ2v) is 3.21. The Bertz CT molecular complexity index is 296. The lowest BCUT2D eigenvalue weighted by molar-refractivity contribution is -0.132. The maximum Gasteiger partial charge on any atom is 0.390 e. The lowest BCUT2D eigenvalue weighted by atomic mass is 10.4. The second-order valence-electron chi connectivity index (χ2n) is 2.49. The standard InChI is InChI=1S/C7H7F3N2OS/c8-7(9,10)1-2-11-6(13)5-3-14-4-12-5/h3-4H,1-2H2,(H,11,13). The van der Waals surface area contributed by atoms with Crippen LogP contribution in [0.4, 0.5) is 13.2 Å². The number of aromatic nitrogens is 1. The first-order valence-corrected chi connectivity index (χ1v) is 4.66. The van der Waals surface area contributed by atoms with Crippen molar-refractivity contribution in [3.05, 3.63) is 16.6 Å². The molecule has 3 nitrogen and oxygen atoms in total. The van der Waals surface area contributed by atoms with Crippen LogP contribution in [0.15, 0.2) is 10.9 Å². The molecule has 1 aromatic heterocycles. The van der Waals surface area contributed by atoms with Crippen LogP contribution in [0.5, 0.6) is 0 Å². The topological polar surface area (TPSA) is 42.0 Å². The first-order chi connectivity index (χ1) is 6.49. The third kappa shape index (κ3) is 3.73. The van der Waals surface area contributed by atoms with Gasteiger partial charge in [-0.3, -0.25) is 4.79 Å². The zero-order valence-corrected chi connectivity index (χ0v) is 7.78. The van der Waals surface area contributed by atoms with Crippen molar-refractivity contribution in [3.8, 4) is 0 Å². The number of hydrogen-bond donors (Lipinski definition) is 1. The molecule has 0 spiro atoms. The summed E-state index contributed by atoms with van der Waals surface area (Å²) >= 11 is 1.21. The first kappa shape index (κ1) is 11.0. The number of alkyl halides is 3. The predicted octanol–water partition coefficient (Wildman–Crippen LogP) is 1.83. The molecular formula is C7H7F3N2OS. The monoisotopic (exact) mass is 224 g/mol. The van der Waals surface area contributed by atoms with Crippen LogP contribution in [0.25, 0.3) is 0 Å². The number of nitrogens with one attached hydrogen (secondary N) is 1. The van der Waals surface area contributed by atoms with E-state index in [1.54, 1.807) is 0 Å². The molecule has 0 aliphatic carbocycles. The fourth-order valence-electron chi connectivity index (χ4n) is 0.733. The summed E-state index contributed by atoms with van der Waals surface area (Å²) in [5, 5.41) is 3.60. The molecule has 0 atom stereocenters. The Morgan fingerprint density at radius 1 is 1.57 bits per heavy atom. The molecule has 1 aromatic rings. The summed E-state index contributed by atoms with van der Waals surface area (Å²) in [6.07, 6.45) is -5.27. The lowest BCUT2D eigenvalue weighted by Gasteiger charge is -2.06. The van der Waals surface area contributed by atoms with Gasteiger partial charge in [-0.05, 0) is 0 Å². The molecule has 0 aromatic carbocycles. The number of carbonyl (C=O) groups excluding carboxylic acids is 1. The fraction of sp³-hybridized carbons (Fsp3) is 0.429. The van der Waals surface area contributed by atoms with E-state index in [4.69, 9.17) is 0 Å². The van der Waals surface area contributed by atoms with Crippen molar-refractivity contribution in [3.63, 3.8) is 0 Å². The molecule has 1 heterocycles. The number of halogens is 3. The summed E-state index contributed by atoms with van der Waals surface area (Å²) in [5.41, 5.74) is 1.59. The smallest absolute Gasteiger partial charge is 0.350 e. The third-order valence-electron chi connectivity index (χ3n) is 1.36. The number of carbonyl (C=O) groups is 1. The highest BCUT2D eigenvalue weighted by molar-refractivity contribution is 7.07. The molecular weight excluding hydrogens is 217 g/mol. The Kier molecular flexibility index (Phi) is 3.45. The summed E-state index contributed by atoms with van der Waals surface area (Å²) in [6, 6.07) is 0. The van der Waals surface area contributed by atoms with E-state index in [0.29, 0.717) is 0 Å². The minimum Gasteiger partial charge on any atom is -0.350 e. The van der Waals surface area contributed by atoms with Gasteiger partial charge in [0.25, 0.3) is 5.91 Å².